The Morgan fingerprint density at radius 1 is 0.540 bits per heavy atom. The zero-order valence-electron chi connectivity index (χ0n) is 58.1. The van der Waals surface area contributed by atoms with Gasteiger partial charge in [0.1, 0.15) is 11.9 Å². The van der Waals surface area contributed by atoms with Crippen molar-refractivity contribution in [3.05, 3.63) is 165 Å². The minimum absolute atomic E-state index is 0. The van der Waals surface area contributed by atoms with Gasteiger partial charge in [0.2, 0.25) is 20.0 Å². The van der Waals surface area contributed by atoms with Gasteiger partial charge in [-0.3, -0.25) is 20.7 Å². The van der Waals surface area contributed by atoms with E-state index in [2.05, 4.69) is 40.7 Å². The first-order chi connectivity index (χ1) is 46.1. The molecule has 4 amide bonds. The van der Waals surface area contributed by atoms with Gasteiger partial charge in [0.05, 0.1) is 52.8 Å². The predicted octanol–water partition coefficient (Wildman–Crippen LogP) is 15.9. The van der Waals surface area contributed by atoms with E-state index in [0.29, 0.717) is 26.6 Å². The third-order valence-electron chi connectivity index (χ3n) is 15.1. The average Bonchev–Trinajstić information content (AvgIpc) is 1.38. The van der Waals surface area contributed by atoms with Gasteiger partial charge in [-0.2, -0.15) is 27.0 Å². The second-order valence-corrected chi connectivity index (χ2v) is 31.9. The van der Waals surface area contributed by atoms with Gasteiger partial charge >= 0.3 is 24.4 Å². The Morgan fingerprint density at radius 3 is 1.29 bits per heavy atom. The highest BCUT2D eigenvalue weighted by Crippen LogP contribution is 2.42. The van der Waals surface area contributed by atoms with Crippen LogP contribution in [0, 0.1) is 10.1 Å². The monoisotopic (exact) mass is 1490 g/mol. The number of sulfonamides is 2. The molecule has 9 rings (SSSR count). The SMILES string of the molecule is CC(C)OC(=O)NC1CCC(c2ncc(-c3ccc(NC(=O)O[C@@H](C)c4ccccc4)cc3S(=O)(=O)NC(C)(C)C)s2)CC1.CC(C)OC(=O)NC1CCC(c2ncc(-c3ccc(NC(=O)Oc4ccc([N+](=O)[O-])cc4)cc3S(=O)(=O)NC(C)(C)C)s2)CC1.C[C@H](O)c1ccccc1.S.S. The number of alkyl carbamates (subject to hydrolysis) is 2. The smallest absolute Gasteiger partial charge is 0.417 e. The summed E-state index contributed by atoms with van der Waals surface area (Å²) in [5.41, 5.74) is 1.54. The number of nitro benzene ring substituents is 1. The van der Waals surface area contributed by atoms with E-state index in [1.54, 1.807) is 106 Å². The molecule has 0 bridgehead atoms. The number of rotatable bonds is 19. The van der Waals surface area contributed by atoms with E-state index in [9.17, 15) is 46.1 Å². The van der Waals surface area contributed by atoms with Crippen molar-refractivity contribution in [2.45, 2.75) is 204 Å². The topological polar surface area (TPSA) is 335 Å². The number of carbonyl (C=O) groups is 4. The number of anilines is 2. The maximum absolute atomic E-state index is 13.6. The third kappa shape index (κ3) is 26.0. The van der Waals surface area contributed by atoms with Crippen LogP contribution in [0.5, 0.6) is 5.75 Å². The number of thiazole rings is 2. The molecule has 2 fully saturated rings. The van der Waals surface area contributed by atoms with Crippen LogP contribution < -0.4 is 35.4 Å². The Hall–Kier alpha value is -7.68. The molecule has 0 spiro atoms. The quantitative estimate of drug-likeness (QED) is 0.0225. The molecule has 0 saturated heterocycles. The average molecular weight is 1490 g/mol. The Morgan fingerprint density at radius 2 is 0.930 bits per heavy atom. The number of ether oxygens (including phenoxy) is 4. The molecule has 0 unspecified atom stereocenters. The van der Waals surface area contributed by atoms with E-state index in [-0.39, 0.29) is 96.1 Å². The van der Waals surface area contributed by atoms with Crippen molar-refractivity contribution >= 4 is 111 Å². The fraction of sp³-hybridized carbons (Fsp3) is 0.429. The molecule has 2 heterocycles. The normalized spacial score (nSPS) is 16.8. The fourth-order valence-electron chi connectivity index (χ4n) is 10.7. The highest BCUT2D eigenvalue weighted by molar-refractivity contribution is 7.90. The number of nitrogens with one attached hydrogen (secondary N) is 6. The summed E-state index contributed by atoms with van der Waals surface area (Å²) < 4.78 is 81.0. The summed E-state index contributed by atoms with van der Waals surface area (Å²) in [6.07, 6.45) is 6.27. The summed E-state index contributed by atoms with van der Waals surface area (Å²) in [5.74, 6) is 0.461. The number of benzene rings is 5. The van der Waals surface area contributed by atoms with Crippen LogP contribution in [-0.2, 0) is 34.3 Å². The Kier molecular flexibility index (Phi) is 31.0. The molecule has 30 heteroatoms. The number of carbonyl (C=O) groups excluding carboxylic acids is 4. The van der Waals surface area contributed by atoms with Crippen LogP contribution in [0.1, 0.15) is 180 Å². The Balaban J connectivity index is 0.000000314. The number of hydrogen-bond donors (Lipinski definition) is 7. The van der Waals surface area contributed by atoms with E-state index >= 15 is 0 Å². The molecule has 2 atom stereocenters. The summed E-state index contributed by atoms with van der Waals surface area (Å²) in [4.78, 5) is 70.2. The van der Waals surface area contributed by atoms with Crippen LogP contribution in [0.2, 0.25) is 0 Å². The van der Waals surface area contributed by atoms with Crippen LogP contribution in [0.25, 0.3) is 20.9 Å². The maximum atomic E-state index is 13.6. The second-order valence-electron chi connectivity index (χ2n) is 26.5. The van der Waals surface area contributed by atoms with Gasteiger partial charge in [0.25, 0.3) is 5.69 Å². The van der Waals surface area contributed by atoms with Gasteiger partial charge < -0.3 is 34.7 Å². The largest absolute Gasteiger partial charge is 0.447 e. The van der Waals surface area contributed by atoms with E-state index in [1.165, 1.54) is 59.1 Å². The molecule has 7 aromatic rings. The van der Waals surface area contributed by atoms with E-state index in [4.69, 9.17) is 24.1 Å². The number of non-ortho nitro benzene ring substituents is 1. The molecule has 2 aromatic heterocycles. The number of amides is 4. The summed E-state index contributed by atoms with van der Waals surface area (Å²) in [6.45, 7) is 21.3. The molecule has 2 aliphatic rings. The molecule has 24 nitrogen and oxygen atoms in total. The molecule has 5 aromatic carbocycles. The highest BCUT2D eigenvalue weighted by atomic mass is 32.2. The van der Waals surface area contributed by atoms with Crippen LogP contribution >= 0.6 is 49.7 Å². The Labute approximate surface area is 608 Å². The number of nitro groups is 1. The number of aromatic nitrogens is 2. The van der Waals surface area contributed by atoms with Crippen LogP contribution in [0.3, 0.4) is 0 Å². The van der Waals surface area contributed by atoms with Crippen LogP contribution in [-0.4, -0.2) is 96.6 Å². The zero-order chi connectivity index (χ0) is 71.7. The fourth-order valence-corrected chi connectivity index (χ4v) is 16.4. The van der Waals surface area contributed by atoms with Crippen molar-refractivity contribution in [3.63, 3.8) is 0 Å². The first-order valence-corrected chi connectivity index (χ1v) is 36.9. The van der Waals surface area contributed by atoms with Crippen molar-refractivity contribution < 1.29 is 65.0 Å². The highest BCUT2D eigenvalue weighted by Gasteiger charge is 2.32. The van der Waals surface area contributed by atoms with Crippen molar-refractivity contribution in [1.29, 1.82) is 0 Å². The first-order valence-electron chi connectivity index (χ1n) is 32.3. The standard InChI is InChI=1S/C32H42N4O6S2.C30H37N5O8S2.C8H10O.2H2S/c1-20(2)41-30(37)34-24-14-12-23(13-15-24)29-33-19-27(43-29)26-17-16-25(18-28(26)44(39,40)36-32(4,5)6)35-31(38)42-21(3)22-10-8-7-9-11-22;1-18(2)42-28(36)32-20-8-6-19(7-9-20)27-31-17-25(44-27)24-15-10-21(16-26(24)45(40,41)34-30(3,4)5)33-29(37)43-23-13-11-22(12-14-23)35(38)39;1-7(9)8-5-3-2-4-6-8;;/h7-11,16-21,23-24,36H,12-15H2,1-6H3,(H,34,37)(H,35,38);10-20,34H,6-9H2,1-5H3,(H,32,36)(H,33,37);2-7,9H,1H3;2*1H2/t21-,23?,24?;;7-;;/m0.0../s1. The molecule has 100 heavy (non-hydrogen) atoms. The molecular formula is C70H93N9O15S6. The zero-order valence-corrected chi connectivity index (χ0v) is 63.4. The summed E-state index contributed by atoms with van der Waals surface area (Å²) >= 11 is 2.88. The molecule has 0 aliphatic heterocycles. The van der Waals surface area contributed by atoms with Crippen molar-refractivity contribution in [2.24, 2.45) is 0 Å². The molecule has 2 saturated carbocycles. The predicted molar refractivity (Wildman–Crippen MR) is 400 cm³/mol. The molecule has 2 aliphatic carbocycles. The molecule has 7 N–H and O–H groups in total. The second kappa shape index (κ2) is 37.3. The first kappa shape index (κ1) is 83.0. The molecular weight excluding hydrogens is 1400 g/mol. The van der Waals surface area contributed by atoms with Gasteiger partial charge in [-0.1, -0.05) is 72.8 Å². The van der Waals surface area contributed by atoms with Gasteiger partial charge in [-0.05, 0) is 182 Å². The van der Waals surface area contributed by atoms with Crippen molar-refractivity contribution in [2.75, 3.05) is 10.6 Å². The lowest BCUT2D eigenvalue weighted by Gasteiger charge is -2.28. The lowest BCUT2D eigenvalue weighted by molar-refractivity contribution is -0.384. The lowest BCUT2D eigenvalue weighted by Crippen LogP contribution is -2.40. The van der Waals surface area contributed by atoms with E-state index in [0.717, 1.165) is 72.5 Å². The minimum Gasteiger partial charge on any atom is -0.447 e. The van der Waals surface area contributed by atoms with Gasteiger partial charge in [0.15, 0.2) is 0 Å². The van der Waals surface area contributed by atoms with E-state index < -0.39 is 66.5 Å². The maximum Gasteiger partial charge on any atom is 0.417 e. The Bertz CT molecular complexity index is 4060. The summed E-state index contributed by atoms with van der Waals surface area (Å²) in [6, 6.07) is 33.3. The van der Waals surface area contributed by atoms with Gasteiger partial charge in [-0.15, -0.1) is 22.7 Å². The lowest BCUT2D eigenvalue weighted by atomic mass is 9.86. The van der Waals surface area contributed by atoms with Crippen molar-refractivity contribution in [3.8, 4) is 26.6 Å². The third-order valence-corrected chi connectivity index (χ3v) is 21.1. The molecule has 544 valence electrons. The molecule has 0 radical (unpaired) electrons. The van der Waals surface area contributed by atoms with E-state index in [1.807, 2.05) is 74.5 Å². The van der Waals surface area contributed by atoms with Crippen molar-refractivity contribution in [1.82, 2.24) is 30.0 Å². The van der Waals surface area contributed by atoms with Crippen LogP contribution in [0.15, 0.2) is 144 Å². The summed E-state index contributed by atoms with van der Waals surface area (Å²) in [5, 5.41) is 32.8. The number of aliphatic hydroxyl groups is 1. The number of hydrogen-bond acceptors (Lipinski definition) is 19. The van der Waals surface area contributed by atoms with Crippen LogP contribution in [0.4, 0.5) is 36.2 Å². The van der Waals surface area contributed by atoms with Gasteiger partial charge in [-0.25, -0.2) is 55.4 Å². The number of aliphatic hydroxyl groups excluding tert-OH is 1. The number of nitrogens with zero attached hydrogens (tertiary/aromatic N) is 3. The summed E-state index contributed by atoms with van der Waals surface area (Å²) in [7, 11) is -8.03. The van der Waals surface area contributed by atoms with Gasteiger partial charge in [0, 0.05) is 82.0 Å². The minimum atomic E-state index is -4.05.